The maximum absolute atomic E-state index is 10.0. The van der Waals surface area contributed by atoms with Gasteiger partial charge in [0.25, 0.3) is 0 Å². The Kier molecular flexibility index (Phi) is 3.42. The molecule has 0 fully saturated rings. The summed E-state index contributed by atoms with van der Waals surface area (Å²) in [4.78, 5) is 19.8. The fourth-order valence-corrected chi connectivity index (χ4v) is 0.470. The van der Waals surface area contributed by atoms with Crippen LogP contribution in [-0.2, 0) is 9.59 Å². The van der Waals surface area contributed by atoms with Crippen LogP contribution in [0.25, 0.3) is 0 Å². The Balaban J connectivity index is 3.83. The molecule has 0 aromatic rings. The molecule has 0 bridgehead atoms. The summed E-state index contributed by atoms with van der Waals surface area (Å²) >= 11 is 0. The van der Waals surface area contributed by atoms with Crippen LogP contribution in [-0.4, -0.2) is 25.0 Å². The summed E-state index contributed by atoms with van der Waals surface area (Å²) in [5, 5.41) is 22.1. The first-order valence-electron chi connectivity index (χ1n) is 2.66. The third-order valence-electron chi connectivity index (χ3n) is 1.00. The SMILES string of the molecule is CNC(CC(=O)[O-])C(=O)[O-]. The lowest BCUT2D eigenvalue weighted by Crippen LogP contribution is -2.47. The van der Waals surface area contributed by atoms with Gasteiger partial charge >= 0.3 is 0 Å². The molecule has 0 aliphatic heterocycles. The second-order valence-corrected chi connectivity index (χ2v) is 1.74. The number of carbonyl (C=O) groups excluding carboxylic acids is 2. The number of carbonyl (C=O) groups is 2. The van der Waals surface area contributed by atoms with Gasteiger partial charge in [0.2, 0.25) is 0 Å². The zero-order chi connectivity index (χ0) is 8.15. The van der Waals surface area contributed by atoms with Crippen molar-refractivity contribution in [3.63, 3.8) is 0 Å². The molecule has 1 atom stereocenters. The Morgan fingerprint density at radius 3 is 2.10 bits per heavy atom. The average molecular weight is 145 g/mol. The van der Waals surface area contributed by atoms with Gasteiger partial charge in [-0.05, 0) is 7.05 Å². The van der Waals surface area contributed by atoms with E-state index in [2.05, 4.69) is 5.32 Å². The summed E-state index contributed by atoms with van der Waals surface area (Å²) in [5.74, 6) is -2.85. The lowest BCUT2D eigenvalue weighted by molar-refractivity contribution is -0.317. The average Bonchev–Trinajstić information content (AvgIpc) is 1.81. The number of aliphatic carboxylic acids is 2. The van der Waals surface area contributed by atoms with Crippen LogP contribution in [0.1, 0.15) is 6.42 Å². The Labute approximate surface area is 57.7 Å². The van der Waals surface area contributed by atoms with Crippen molar-refractivity contribution in [1.82, 2.24) is 5.32 Å². The zero-order valence-electron chi connectivity index (χ0n) is 5.42. The van der Waals surface area contributed by atoms with E-state index in [9.17, 15) is 19.8 Å². The minimum atomic E-state index is -1.44. The molecule has 0 rings (SSSR count). The van der Waals surface area contributed by atoms with E-state index in [1.54, 1.807) is 0 Å². The highest BCUT2D eigenvalue weighted by Crippen LogP contribution is 1.86. The highest BCUT2D eigenvalue weighted by Gasteiger charge is 2.05. The van der Waals surface area contributed by atoms with E-state index in [1.165, 1.54) is 7.05 Å². The maximum atomic E-state index is 10.0. The maximum Gasteiger partial charge on any atom is 0.0588 e. The van der Waals surface area contributed by atoms with Crippen LogP contribution in [0, 0.1) is 0 Å². The number of likely N-dealkylation sites (N-methyl/N-ethyl adjacent to an activating group) is 1. The molecule has 0 radical (unpaired) electrons. The first-order valence-corrected chi connectivity index (χ1v) is 2.66. The van der Waals surface area contributed by atoms with E-state index in [1.807, 2.05) is 0 Å². The van der Waals surface area contributed by atoms with Crippen LogP contribution in [0.2, 0.25) is 0 Å². The van der Waals surface area contributed by atoms with Crippen molar-refractivity contribution in [1.29, 1.82) is 0 Å². The molecule has 58 valence electrons. The van der Waals surface area contributed by atoms with Crippen molar-refractivity contribution in [3.05, 3.63) is 0 Å². The molecular weight excluding hydrogens is 138 g/mol. The van der Waals surface area contributed by atoms with Gasteiger partial charge in [-0.3, -0.25) is 0 Å². The normalized spacial score (nSPS) is 12.5. The van der Waals surface area contributed by atoms with Gasteiger partial charge in [0, 0.05) is 12.4 Å². The Hall–Kier alpha value is -1.10. The molecular formula is C5H7NO4-2. The van der Waals surface area contributed by atoms with Crippen molar-refractivity contribution in [2.24, 2.45) is 0 Å². The molecule has 0 amide bonds. The fraction of sp³-hybridized carbons (Fsp3) is 0.600. The second-order valence-electron chi connectivity index (χ2n) is 1.74. The molecule has 0 saturated carbocycles. The van der Waals surface area contributed by atoms with Crippen molar-refractivity contribution < 1.29 is 19.8 Å². The Morgan fingerprint density at radius 1 is 1.50 bits per heavy atom. The van der Waals surface area contributed by atoms with Crippen molar-refractivity contribution in [2.75, 3.05) is 7.05 Å². The fourth-order valence-electron chi connectivity index (χ4n) is 0.470. The molecule has 10 heavy (non-hydrogen) atoms. The Morgan fingerprint density at radius 2 is 2.00 bits per heavy atom. The van der Waals surface area contributed by atoms with Crippen LogP contribution < -0.4 is 15.5 Å². The standard InChI is InChI=1S/C5H9NO4/c1-6-3(5(9)10)2-4(7)8/h3,6H,2H2,1H3,(H,7,8)(H,9,10)/p-2. The molecule has 1 unspecified atom stereocenters. The molecule has 1 N–H and O–H groups in total. The third kappa shape index (κ3) is 3.03. The van der Waals surface area contributed by atoms with E-state index < -0.39 is 24.4 Å². The summed E-state index contributed by atoms with van der Waals surface area (Å²) in [6.07, 6.45) is -0.571. The summed E-state index contributed by atoms with van der Waals surface area (Å²) in [5.41, 5.74) is 0. The molecule has 0 aliphatic rings. The molecule has 5 nitrogen and oxygen atoms in total. The summed E-state index contributed by atoms with van der Waals surface area (Å²) in [7, 11) is 1.34. The van der Waals surface area contributed by atoms with Gasteiger partial charge in [-0.2, -0.15) is 0 Å². The molecule has 0 aromatic carbocycles. The third-order valence-corrected chi connectivity index (χ3v) is 1.00. The van der Waals surface area contributed by atoms with Gasteiger partial charge in [0.05, 0.1) is 12.0 Å². The van der Waals surface area contributed by atoms with Crippen LogP contribution in [0.4, 0.5) is 0 Å². The van der Waals surface area contributed by atoms with Gasteiger partial charge in [0.1, 0.15) is 0 Å². The van der Waals surface area contributed by atoms with Gasteiger partial charge in [-0.15, -0.1) is 0 Å². The van der Waals surface area contributed by atoms with Crippen LogP contribution in [0.3, 0.4) is 0 Å². The van der Waals surface area contributed by atoms with Gasteiger partial charge in [0.15, 0.2) is 0 Å². The predicted molar refractivity (Wildman–Crippen MR) is 27.5 cm³/mol. The number of carboxylic acids is 2. The van der Waals surface area contributed by atoms with E-state index in [-0.39, 0.29) is 0 Å². The number of hydrogen-bond donors (Lipinski definition) is 1. The number of rotatable bonds is 4. The Bertz CT molecular complexity index is 145. The minimum Gasteiger partial charge on any atom is -0.550 e. The molecule has 5 heteroatoms. The van der Waals surface area contributed by atoms with E-state index in [0.29, 0.717) is 0 Å². The smallest absolute Gasteiger partial charge is 0.0588 e. The number of carboxylic acid groups (broad SMARTS) is 2. The largest absolute Gasteiger partial charge is 0.550 e. The lowest BCUT2D eigenvalue weighted by Gasteiger charge is -2.16. The minimum absolute atomic E-state index is 0.571. The molecule has 0 aromatic heterocycles. The van der Waals surface area contributed by atoms with E-state index in [4.69, 9.17) is 0 Å². The second kappa shape index (κ2) is 3.84. The monoisotopic (exact) mass is 145 g/mol. The van der Waals surface area contributed by atoms with Crippen LogP contribution >= 0.6 is 0 Å². The highest BCUT2D eigenvalue weighted by atomic mass is 16.4. The summed E-state index contributed by atoms with van der Waals surface area (Å²) in [6.45, 7) is 0. The van der Waals surface area contributed by atoms with Gasteiger partial charge in [-0.25, -0.2) is 0 Å². The first kappa shape index (κ1) is 8.90. The van der Waals surface area contributed by atoms with E-state index >= 15 is 0 Å². The van der Waals surface area contributed by atoms with Crippen molar-refractivity contribution in [3.8, 4) is 0 Å². The topological polar surface area (TPSA) is 92.3 Å². The summed E-state index contributed by atoms with van der Waals surface area (Å²) in [6, 6.07) is -1.16. The van der Waals surface area contributed by atoms with Crippen molar-refractivity contribution in [2.45, 2.75) is 12.5 Å². The lowest BCUT2D eigenvalue weighted by atomic mass is 10.2. The highest BCUT2D eigenvalue weighted by molar-refractivity contribution is 5.78. The van der Waals surface area contributed by atoms with Crippen molar-refractivity contribution >= 4 is 11.9 Å². The van der Waals surface area contributed by atoms with E-state index in [0.717, 1.165) is 0 Å². The zero-order valence-corrected chi connectivity index (χ0v) is 5.42. The molecule has 0 spiro atoms. The molecule has 0 aliphatic carbocycles. The quantitative estimate of drug-likeness (QED) is 0.442. The van der Waals surface area contributed by atoms with Gasteiger partial charge in [-0.1, -0.05) is 0 Å². The number of nitrogens with one attached hydrogen (secondary N) is 1. The predicted octanol–water partition coefficient (Wildman–Crippen LogP) is -3.54. The van der Waals surface area contributed by atoms with Crippen LogP contribution in [0.5, 0.6) is 0 Å². The van der Waals surface area contributed by atoms with Gasteiger partial charge < -0.3 is 25.1 Å². The number of hydrogen-bond acceptors (Lipinski definition) is 5. The summed E-state index contributed by atoms with van der Waals surface area (Å²) < 4.78 is 0. The molecule has 0 heterocycles. The first-order chi connectivity index (χ1) is 4.57. The molecule has 0 saturated heterocycles. The van der Waals surface area contributed by atoms with Crippen LogP contribution in [0.15, 0.2) is 0 Å².